The summed E-state index contributed by atoms with van der Waals surface area (Å²) < 4.78 is 0. The van der Waals surface area contributed by atoms with E-state index < -0.39 is 0 Å². The number of nitrogens with two attached hydrogens (primary N) is 1. The Morgan fingerprint density at radius 2 is 2.24 bits per heavy atom. The number of likely N-dealkylation sites (N-methyl/N-ethyl adjacent to an activating group) is 3. The quantitative estimate of drug-likeness (QED) is 0.841. The normalized spacial score (nSPS) is 22.9. The van der Waals surface area contributed by atoms with Crippen molar-refractivity contribution in [3.8, 4) is 0 Å². The summed E-state index contributed by atoms with van der Waals surface area (Å²) >= 11 is 0. The van der Waals surface area contributed by atoms with Crippen LogP contribution in [-0.4, -0.2) is 67.1 Å². The topological polar surface area (TPSA) is 57.4 Å². The van der Waals surface area contributed by atoms with Crippen LogP contribution in [0.15, 0.2) is 18.5 Å². The van der Waals surface area contributed by atoms with E-state index in [0.717, 1.165) is 37.3 Å². The van der Waals surface area contributed by atoms with Crippen molar-refractivity contribution in [3.05, 3.63) is 24.0 Å². The first-order valence-electron chi connectivity index (χ1n) is 7.92. The van der Waals surface area contributed by atoms with Gasteiger partial charge in [0.15, 0.2) is 0 Å². The summed E-state index contributed by atoms with van der Waals surface area (Å²) in [5, 5.41) is 3.66. The number of nitrogens with zero attached hydrogens (tertiary/aromatic N) is 3. The molecule has 2 atom stereocenters. The van der Waals surface area contributed by atoms with Gasteiger partial charge < -0.3 is 20.9 Å². The monoisotopic (exact) mass is 291 g/mol. The van der Waals surface area contributed by atoms with Gasteiger partial charge in [-0.3, -0.25) is 4.98 Å². The molecule has 1 saturated heterocycles. The summed E-state index contributed by atoms with van der Waals surface area (Å²) in [6.45, 7) is 6.56. The number of pyridine rings is 1. The summed E-state index contributed by atoms with van der Waals surface area (Å²) in [6.07, 6.45) is 5.82. The van der Waals surface area contributed by atoms with E-state index in [2.05, 4.69) is 41.1 Å². The molecule has 2 unspecified atom stereocenters. The van der Waals surface area contributed by atoms with Crippen molar-refractivity contribution in [2.45, 2.75) is 31.8 Å². The van der Waals surface area contributed by atoms with E-state index in [9.17, 15) is 0 Å². The summed E-state index contributed by atoms with van der Waals surface area (Å²) in [6, 6.07) is 2.78. The van der Waals surface area contributed by atoms with E-state index in [0.29, 0.717) is 12.1 Å². The number of nitrogen functional groups attached to an aromatic ring is 1. The van der Waals surface area contributed by atoms with Gasteiger partial charge in [0.05, 0.1) is 0 Å². The molecule has 0 saturated carbocycles. The Labute approximate surface area is 128 Å². The van der Waals surface area contributed by atoms with Crippen molar-refractivity contribution in [1.82, 2.24) is 20.1 Å². The smallest absolute Gasteiger partial charge is 0.0378 e. The summed E-state index contributed by atoms with van der Waals surface area (Å²) in [7, 11) is 4.45. The third-order valence-electron chi connectivity index (χ3n) is 4.43. The standard InChI is InChI=1S/C16H29N5/c1-4-19-15(10-13-11-18-7-6-14(13)17)16-12-20(2)8-5-9-21(16)3/h6-7,11,15-16,19H,4-5,8-10,12H2,1-3H3,(H2,17,18). The third-order valence-corrected chi connectivity index (χ3v) is 4.43. The molecule has 0 radical (unpaired) electrons. The minimum Gasteiger partial charge on any atom is -0.398 e. The van der Waals surface area contributed by atoms with Crippen molar-refractivity contribution in [2.24, 2.45) is 0 Å². The number of aromatic nitrogens is 1. The predicted molar refractivity (Wildman–Crippen MR) is 88.4 cm³/mol. The zero-order valence-electron chi connectivity index (χ0n) is 13.5. The Hall–Kier alpha value is -1.17. The molecule has 2 heterocycles. The van der Waals surface area contributed by atoms with E-state index in [1.807, 2.05) is 12.3 Å². The average Bonchev–Trinajstić information content (AvgIpc) is 2.62. The van der Waals surface area contributed by atoms with Crippen LogP contribution in [0.4, 0.5) is 5.69 Å². The van der Waals surface area contributed by atoms with Crippen LogP contribution in [0.2, 0.25) is 0 Å². The van der Waals surface area contributed by atoms with Gasteiger partial charge in [-0.1, -0.05) is 6.92 Å². The predicted octanol–water partition coefficient (Wildman–Crippen LogP) is 0.820. The van der Waals surface area contributed by atoms with Crippen LogP contribution in [0.5, 0.6) is 0 Å². The lowest BCUT2D eigenvalue weighted by Gasteiger charge is -2.35. The lowest BCUT2D eigenvalue weighted by Crippen LogP contribution is -2.53. The molecule has 0 amide bonds. The van der Waals surface area contributed by atoms with E-state index in [1.165, 1.54) is 13.0 Å². The SMILES string of the molecule is CCNC(Cc1cnccc1N)C1CN(C)CCCN1C. The van der Waals surface area contributed by atoms with Gasteiger partial charge in [-0.15, -0.1) is 0 Å². The van der Waals surface area contributed by atoms with Crippen LogP contribution in [-0.2, 0) is 6.42 Å². The van der Waals surface area contributed by atoms with Gasteiger partial charge in [-0.05, 0) is 58.2 Å². The maximum absolute atomic E-state index is 6.10. The number of anilines is 1. The summed E-state index contributed by atoms with van der Waals surface area (Å²) in [5.74, 6) is 0. The second-order valence-corrected chi connectivity index (χ2v) is 6.11. The minimum atomic E-state index is 0.395. The maximum atomic E-state index is 6.10. The molecule has 0 aromatic carbocycles. The van der Waals surface area contributed by atoms with Gasteiger partial charge in [-0.2, -0.15) is 0 Å². The number of rotatable bonds is 5. The maximum Gasteiger partial charge on any atom is 0.0378 e. The number of hydrogen-bond donors (Lipinski definition) is 2. The van der Waals surface area contributed by atoms with Crippen LogP contribution in [0.1, 0.15) is 18.9 Å². The molecule has 1 fully saturated rings. The Morgan fingerprint density at radius 3 is 2.95 bits per heavy atom. The fraction of sp³-hybridized carbons (Fsp3) is 0.688. The fourth-order valence-electron chi connectivity index (χ4n) is 3.19. The first-order valence-corrected chi connectivity index (χ1v) is 7.92. The molecule has 118 valence electrons. The Balaban J connectivity index is 2.14. The number of hydrogen-bond acceptors (Lipinski definition) is 5. The van der Waals surface area contributed by atoms with Gasteiger partial charge in [0.1, 0.15) is 0 Å². The fourth-order valence-corrected chi connectivity index (χ4v) is 3.19. The highest BCUT2D eigenvalue weighted by atomic mass is 15.2. The molecule has 1 aromatic rings. The van der Waals surface area contributed by atoms with Crippen LogP contribution in [0.25, 0.3) is 0 Å². The third kappa shape index (κ3) is 4.40. The molecule has 0 bridgehead atoms. The summed E-state index contributed by atoms with van der Waals surface area (Å²) in [4.78, 5) is 9.15. The average molecular weight is 291 g/mol. The molecular weight excluding hydrogens is 262 g/mol. The molecule has 21 heavy (non-hydrogen) atoms. The van der Waals surface area contributed by atoms with Crippen LogP contribution < -0.4 is 11.1 Å². The molecule has 5 heteroatoms. The van der Waals surface area contributed by atoms with Crippen LogP contribution >= 0.6 is 0 Å². The summed E-state index contributed by atoms with van der Waals surface area (Å²) in [5.41, 5.74) is 8.08. The van der Waals surface area contributed by atoms with E-state index in [-0.39, 0.29) is 0 Å². The van der Waals surface area contributed by atoms with Crippen LogP contribution in [0, 0.1) is 0 Å². The van der Waals surface area contributed by atoms with E-state index in [4.69, 9.17) is 5.73 Å². The first-order chi connectivity index (χ1) is 10.1. The molecular formula is C16H29N5. The highest BCUT2D eigenvalue weighted by molar-refractivity contribution is 5.44. The minimum absolute atomic E-state index is 0.395. The Kier molecular flexibility index (Phi) is 5.96. The van der Waals surface area contributed by atoms with Gasteiger partial charge in [0, 0.05) is 36.7 Å². The van der Waals surface area contributed by atoms with Gasteiger partial charge in [0.2, 0.25) is 0 Å². The molecule has 1 aromatic heterocycles. The first kappa shape index (κ1) is 16.2. The zero-order valence-corrected chi connectivity index (χ0v) is 13.5. The Bertz CT molecular complexity index is 436. The van der Waals surface area contributed by atoms with Crippen molar-refractivity contribution in [3.63, 3.8) is 0 Å². The lowest BCUT2D eigenvalue weighted by molar-refractivity contribution is 0.178. The molecule has 1 aliphatic rings. The van der Waals surface area contributed by atoms with E-state index >= 15 is 0 Å². The molecule has 3 N–H and O–H groups in total. The molecule has 2 rings (SSSR count). The number of nitrogens with one attached hydrogen (secondary N) is 1. The second kappa shape index (κ2) is 7.73. The second-order valence-electron chi connectivity index (χ2n) is 6.11. The van der Waals surface area contributed by atoms with Gasteiger partial charge in [-0.25, -0.2) is 0 Å². The van der Waals surface area contributed by atoms with Crippen molar-refractivity contribution in [1.29, 1.82) is 0 Å². The Morgan fingerprint density at radius 1 is 1.43 bits per heavy atom. The molecule has 1 aliphatic heterocycles. The van der Waals surface area contributed by atoms with Crippen molar-refractivity contribution in [2.75, 3.05) is 46.0 Å². The van der Waals surface area contributed by atoms with Crippen LogP contribution in [0.3, 0.4) is 0 Å². The zero-order chi connectivity index (χ0) is 15.2. The van der Waals surface area contributed by atoms with Gasteiger partial charge in [0.25, 0.3) is 0 Å². The largest absolute Gasteiger partial charge is 0.398 e. The van der Waals surface area contributed by atoms with Crippen molar-refractivity contribution < 1.29 is 0 Å². The van der Waals surface area contributed by atoms with E-state index in [1.54, 1.807) is 6.20 Å². The molecule has 5 nitrogen and oxygen atoms in total. The van der Waals surface area contributed by atoms with Crippen molar-refractivity contribution >= 4 is 5.69 Å². The molecule has 0 spiro atoms. The lowest BCUT2D eigenvalue weighted by atomic mass is 9.98. The highest BCUT2D eigenvalue weighted by Crippen LogP contribution is 2.17. The molecule has 0 aliphatic carbocycles. The van der Waals surface area contributed by atoms with Gasteiger partial charge >= 0.3 is 0 Å². The highest BCUT2D eigenvalue weighted by Gasteiger charge is 2.28.